The first-order valence-corrected chi connectivity index (χ1v) is 0. The van der Waals surface area contributed by atoms with Crippen molar-refractivity contribution in [1.29, 1.82) is 0 Å². The molecule has 0 bridgehead atoms. The van der Waals surface area contributed by atoms with E-state index in [9.17, 15) is 0 Å². The summed E-state index contributed by atoms with van der Waals surface area (Å²) < 4.78 is 0. The van der Waals surface area contributed by atoms with Crippen LogP contribution in [0.2, 0.25) is 0 Å². The molecule has 0 radical (unpaired) electrons. The Labute approximate surface area is 69.0 Å². The molecule has 0 rings (SSSR count). The van der Waals surface area contributed by atoms with E-state index in [4.69, 9.17) is 0 Å². The van der Waals surface area contributed by atoms with Gasteiger partial charge in [0.2, 0.25) is 0 Å². The largest absolute Gasteiger partial charge is 1.00 e. The summed E-state index contributed by atoms with van der Waals surface area (Å²) in [4.78, 5) is 0. The molecular formula is H7GaILiO. The van der Waals surface area contributed by atoms with Gasteiger partial charge in [-0.3, -0.25) is 0 Å². The van der Waals surface area contributed by atoms with Gasteiger partial charge in [0.1, 0.15) is 0 Å². The fourth-order valence-electron chi connectivity index (χ4n) is 0. The summed E-state index contributed by atoms with van der Waals surface area (Å²) in [7, 11) is 0. The molecule has 0 aliphatic heterocycles. The van der Waals surface area contributed by atoms with Crippen molar-refractivity contribution in [2.75, 3.05) is 0 Å². The van der Waals surface area contributed by atoms with Gasteiger partial charge in [-0.1, -0.05) is 0 Å². The van der Waals surface area contributed by atoms with Crippen LogP contribution in [0.1, 0.15) is 1.43 Å². The van der Waals surface area contributed by atoms with Crippen molar-refractivity contribution in [2.45, 2.75) is 0 Å². The molecule has 0 unspecified atom stereocenters. The van der Waals surface area contributed by atoms with E-state index in [1.165, 1.54) is 0 Å². The second kappa shape index (κ2) is 20.5. The molecule has 0 spiro atoms. The molecule has 0 aliphatic carbocycles. The second-order valence-electron chi connectivity index (χ2n) is 0. The molecule has 4 heavy (non-hydrogen) atoms. The van der Waals surface area contributed by atoms with Gasteiger partial charge in [-0.2, -0.15) is 0 Å². The maximum absolute atomic E-state index is 0. The molecule has 0 aromatic rings. The average molecular weight is 227 g/mol. The van der Waals surface area contributed by atoms with Crippen molar-refractivity contribution in [3.05, 3.63) is 0 Å². The van der Waals surface area contributed by atoms with E-state index in [1.54, 1.807) is 0 Å². The molecule has 0 atom stereocenters. The molecule has 0 heterocycles. The molecule has 1 nitrogen and oxygen atoms in total. The standard InChI is InChI=1S/Ga.HI.Li.H2O.4H/h;1H;;1H2;;;;/q;;+1;;;;;-1. The fourth-order valence-corrected chi connectivity index (χ4v) is 0. The Kier molecular flexibility index (Phi) is 199. The van der Waals surface area contributed by atoms with Crippen LogP contribution >= 0.6 is 24.0 Å². The molecule has 2 N–H and O–H groups in total. The predicted molar refractivity (Wildman–Crippen MR) is 30.1 cm³/mol. The summed E-state index contributed by atoms with van der Waals surface area (Å²) in [6, 6.07) is 0. The zero-order valence-corrected chi connectivity index (χ0v) is 4.24. The van der Waals surface area contributed by atoms with Crippen LogP contribution in [0.15, 0.2) is 0 Å². The molecule has 0 aliphatic rings. The first kappa shape index (κ1) is 38.8. The zero-order chi connectivity index (χ0) is 0. The maximum Gasteiger partial charge on any atom is 1.00 e. The number of rotatable bonds is 0. The predicted octanol–water partition coefficient (Wildman–Crippen LogP) is -4.27. The third-order valence-corrected chi connectivity index (χ3v) is 0. The van der Waals surface area contributed by atoms with Gasteiger partial charge < -0.3 is 6.90 Å². The Morgan fingerprint density at radius 2 is 1.25 bits per heavy atom. The maximum atomic E-state index is 0. The topological polar surface area (TPSA) is 31.5 Å². The van der Waals surface area contributed by atoms with Crippen molar-refractivity contribution in [3.63, 3.8) is 0 Å². The second-order valence-corrected chi connectivity index (χ2v) is 0. The minimum absolute atomic E-state index is 0. The van der Waals surface area contributed by atoms with Gasteiger partial charge in [-0.15, -0.1) is 24.0 Å². The molecule has 0 aromatic heterocycles. The summed E-state index contributed by atoms with van der Waals surface area (Å²) in [6.07, 6.45) is 0. The molecule has 0 aromatic carbocycles. The van der Waals surface area contributed by atoms with Crippen LogP contribution in [0.3, 0.4) is 0 Å². The van der Waals surface area contributed by atoms with Crippen LogP contribution in [-0.4, -0.2) is 25.3 Å². The molecule has 0 saturated carbocycles. The number of hydrogen-bond acceptors (Lipinski definition) is 0. The van der Waals surface area contributed by atoms with Gasteiger partial charge >= 0.3 is 38.7 Å². The smallest absolute Gasteiger partial charge is 1.00 e. The van der Waals surface area contributed by atoms with E-state index in [0.717, 1.165) is 0 Å². The monoisotopic (exact) mass is 226 g/mol. The van der Waals surface area contributed by atoms with E-state index >= 15 is 0 Å². The first-order valence-electron chi connectivity index (χ1n) is 0. The Bertz CT molecular complexity index is 11.6. The summed E-state index contributed by atoms with van der Waals surface area (Å²) in [5.41, 5.74) is 0. The van der Waals surface area contributed by atoms with Gasteiger partial charge in [0.15, 0.2) is 0 Å². The minimum Gasteiger partial charge on any atom is -1.00 e. The van der Waals surface area contributed by atoms with Crippen molar-refractivity contribution in [1.82, 2.24) is 0 Å². The summed E-state index contributed by atoms with van der Waals surface area (Å²) in [6.45, 7) is 0. The Morgan fingerprint density at radius 3 is 1.25 bits per heavy atom. The third kappa shape index (κ3) is 9.06. The van der Waals surface area contributed by atoms with Gasteiger partial charge in [-0.25, -0.2) is 0 Å². The van der Waals surface area contributed by atoms with Gasteiger partial charge in [0, 0.05) is 0 Å². The number of halogens is 1. The molecule has 4 heteroatoms. The van der Waals surface area contributed by atoms with E-state index in [2.05, 4.69) is 0 Å². The van der Waals surface area contributed by atoms with Gasteiger partial charge in [0.25, 0.3) is 0 Å². The Morgan fingerprint density at radius 1 is 1.25 bits per heavy atom. The van der Waals surface area contributed by atoms with Crippen LogP contribution in [0, 0.1) is 0 Å². The quantitative estimate of drug-likeness (QED) is 0.296. The summed E-state index contributed by atoms with van der Waals surface area (Å²) in [5, 5.41) is 0. The van der Waals surface area contributed by atoms with Crippen LogP contribution in [-0.2, 0) is 0 Å². The van der Waals surface area contributed by atoms with Crippen molar-refractivity contribution in [2.24, 2.45) is 0 Å². The van der Waals surface area contributed by atoms with E-state index in [1.807, 2.05) is 0 Å². The van der Waals surface area contributed by atoms with Gasteiger partial charge in [-0.05, 0) is 0 Å². The van der Waals surface area contributed by atoms with E-state index in [-0.39, 0.29) is 69.5 Å². The summed E-state index contributed by atoms with van der Waals surface area (Å²) >= 11 is 0. The van der Waals surface area contributed by atoms with E-state index in [0.29, 0.717) is 0 Å². The molecular weight excluding hydrogens is 220 g/mol. The van der Waals surface area contributed by atoms with Crippen molar-refractivity contribution < 1.29 is 25.8 Å². The van der Waals surface area contributed by atoms with Gasteiger partial charge in [0.05, 0.1) is 0 Å². The molecule has 0 fully saturated rings. The van der Waals surface area contributed by atoms with Crippen LogP contribution < -0.4 is 18.9 Å². The number of hydrogen-bond donors (Lipinski definition) is 0. The zero-order valence-electron chi connectivity index (χ0n) is 2.91. The Balaban J connectivity index is 0. The van der Waals surface area contributed by atoms with Crippen LogP contribution in [0.5, 0.6) is 0 Å². The molecule has 0 amide bonds. The normalized spacial score (nSPS) is 0. The molecule has 0 saturated heterocycles. The molecule has 24 valence electrons. The third-order valence-electron chi connectivity index (χ3n) is 0. The SMILES string of the molecule is I.O.[GaH3].[H-].[Li+]. The van der Waals surface area contributed by atoms with Crippen molar-refractivity contribution >= 4 is 43.8 Å². The minimum atomic E-state index is 0. The summed E-state index contributed by atoms with van der Waals surface area (Å²) in [5.74, 6) is 0. The fraction of sp³-hybridized carbons (Fsp3) is 0. The van der Waals surface area contributed by atoms with E-state index < -0.39 is 0 Å². The first-order chi connectivity index (χ1) is 0. The Hall–Kier alpha value is 1.92. The average Bonchev–Trinajstić information content (AvgIpc) is 0. The van der Waals surface area contributed by atoms with Crippen LogP contribution in [0.4, 0.5) is 0 Å². The van der Waals surface area contributed by atoms with Crippen LogP contribution in [0.25, 0.3) is 0 Å². The van der Waals surface area contributed by atoms with Crippen molar-refractivity contribution in [3.8, 4) is 0 Å².